The van der Waals surface area contributed by atoms with Crippen LogP contribution in [-0.2, 0) is 20.8 Å². The van der Waals surface area contributed by atoms with E-state index >= 15 is 0 Å². The van der Waals surface area contributed by atoms with Crippen LogP contribution in [0.4, 0.5) is 5.69 Å². The monoisotopic (exact) mass is 650 g/mol. The van der Waals surface area contributed by atoms with Gasteiger partial charge < -0.3 is 5.32 Å². The van der Waals surface area contributed by atoms with E-state index in [4.69, 9.17) is 0 Å². The van der Waals surface area contributed by atoms with Gasteiger partial charge in [-0.1, -0.05) is 78.1 Å². The molecule has 34 heavy (non-hydrogen) atoms. The van der Waals surface area contributed by atoms with Crippen LogP contribution < -0.4 is 5.32 Å². The Morgan fingerprint density at radius 1 is 1.00 bits per heavy atom. The summed E-state index contributed by atoms with van der Waals surface area (Å²) in [5, 5.41) is 2.99. The molecular weight excluding hydrogens is 628 g/mol. The molecule has 1 heterocycles. The van der Waals surface area contributed by atoms with Crippen molar-refractivity contribution in [2.24, 2.45) is 23.7 Å². The van der Waals surface area contributed by atoms with E-state index in [0.717, 1.165) is 27.6 Å². The SMILES string of the molecule is Cc1cc(NC(=O)[C@H](Cc2ccccc2)N2C(=O)[C@@H]3[C@@H]4C[C@H]([C@H](Br)[C@@H]4Br)[C@@H]3C2=O)cc(C)c1Br. The summed E-state index contributed by atoms with van der Waals surface area (Å²) < 4.78 is 0.994. The van der Waals surface area contributed by atoms with Crippen LogP contribution in [0.2, 0.25) is 0 Å². The molecule has 1 N–H and O–H groups in total. The number of anilines is 1. The minimum absolute atomic E-state index is 0.109. The average molecular weight is 653 g/mol. The van der Waals surface area contributed by atoms with Crippen molar-refractivity contribution in [3.05, 3.63) is 63.6 Å². The minimum atomic E-state index is -0.904. The van der Waals surface area contributed by atoms with E-state index in [1.807, 2.05) is 56.3 Å². The number of hydrogen-bond donors (Lipinski definition) is 1. The highest BCUT2D eigenvalue weighted by Gasteiger charge is 2.67. The molecule has 5 nitrogen and oxygen atoms in total. The number of rotatable bonds is 5. The summed E-state index contributed by atoms with van der Waals surface area (Å²) in [6, 6.07) is 12.4. The van der Waals surface area contributed by atoms with E-state index in [1.54, 1.807) is 0 Å². The van der Waals surface area contributed by atoms with Crippen LogP contribution in [0.5, 0.6) is 0 Å². The Hall–Kier alpha value is -1.51. The lowest BCUT2D eigenvalue weighted by Crippen LogP contribution is -2.49. The van der Waals surface area contributed by atoms with Gasteiger partial charge in [0.1, 0.15) is 6.04 Å². The maximum atomic E-state index is 13.7. The molecule has 2 aliphatic carbocycles. The van der Waals surface area contributed by atoms with E-state index in [-0.39, 0.29) is 57.5 Å². The molecule has 0 radical (unpaired) electrons. The average Bonchev–Trinajstić information content (AvgIpc) is 3.41. The number of amides is 3. The number of nitrogens with one attached hydrogen (secondary N) is 1. The van der Waals surface area contributed by atoms with Gasteiger partial charge in [-0.25, -0.2) is 0 Å². The van der Waals surface area contributed by atoms with E-state index in [0.29, 0.717) is 5.69 Å². The summed E-state index contributed by atoms with van der Waals surface area (Å²) >= 11 is 11.0. The molecular formula is C26H25Br3N2O3. The van der Waals surface area contributed by atoms with Gasteiger partial charge in [0, 0.05) is 26.2 Å². The number of carbonyl (C=O) groups is 3. The highest BCUT2D eigenvalue weighted by molar-refractivity contribution is 9.12. The second-order valence-corrected chi connectivity index (χ2v) is 12.6. The molecule has 2 aromatic carbocycles. The van der Waals surface area contributed by atoms with Crippen molar-refractivity contribution in [1.29, 1.82) is 0 Å². The first-order valence-electron chi connectivity index (χ1n) is 11.5. The molecule has 0 unspecified atom stereocenters. The molecule has 2 bridgehead atoms. The first-order valence-corrected chi connectivity index (χ1v) is 14.1. The van der Waals surface area contributed by atoms with Crippen molar-refractivity contribution in [2.75, 3.05) is 5.32 Å². The van der Waals surface area contributed by atoms with Crippen LogP contribution in [0.15, 0.2) is 46.9 Å². The zero-order chi connectivity index (χ0) is 24.3. The number of fused-ring (bicyclic) bond motifs is 5. The molecule has 0 spiro atoms. The van der Waals surface area contributed by atoms with Crippen LogP contribution >= 0.6 is 47.8 Å². The summed E-state index contributed by atoms with van der Waals surface area (Å²) in [5.74, 6) is -1.23. The summed E-state index contributed by atoms with van der Waals surface area (Å²) in [6.45, 7) is 3.93. The lowest BCUT2D eigenvalue weighted by atomic mass is 9.81. The lowest BCUT2D eigenvalue weighted by Gasteiger charge is -2.28. The summed E-state index contributed by atoms with van der Waals surface area (Å²) in [6.07, 6.45) is 1.14. The Morgan fingerprint density at radius 3 is 2.06 bits per heavy atom. The van der Waals surface area contributed by atoms with Gasteiger partial charge in [0.15, 0.2) is 0 Å². The number of likely N-dealkylation sites (tertiary alicyclic amines) is 1. The molecule has 3 aliphatic rings. The molecule has 3 amide bonds. The zero-order valence-electron chi connectivity index (χ0n) is 18.8. The van der Waals surface area contributed by atoms with Crippen LogP contribution in [0.25, 0.3) is 0 Å². The number of halogens is 3. The van der Waals surface area contributed by atoms with E-state index < -0.39 is 6.04 Å². The standard InChI is InChI=1S/C26H25Br3N2O3/c1-12-8-15(9-13(2)21(12)27)30-24(32)18(10-14-6-4-3-5-7-14)31-25(33)19-16-11-17(20(19)26(31)34)23(29)22(16)28/h3-9,16-20,22-23H,10-11H2,1-2H3,(H,30,32)/t16-,17-,18-,19-,20+,22-,23+/m0/s1. The molecule has 7 atom stereocenters. The van der Waals surface area contributed by atoms with Crippen molar-refractivity contribution in [3.8, 4) is 0 Å². The van der Waals surface area contributed by atoms with Crippen molar-refractivity contribution >= 4 is 71.2 Å². The highest BCUT2D eigenvalue weighted by atomic mass is 79.9. The van der Waals surface area contributed by atoms with Gasteiger partial charge >= 0.3 is 0 Å². The second kappa shape index (κ2) is 9.17. The highest BCUT2D eigenvalue weighted by Crippen LogP contribution is 2.60. The summed E-state index contributed by atoms with van der Waals surface area (Å²) in [7, 11) is 0. The summed E-state index contributed by atoms with van der Waals surface area (Å²) in [5.41, 5.74) is 3.56. The number of imide groups is 1. The minimum Gasteiger partial charge on any atom is -0.324 e. The lowest BCUT2D eigenvalue weighted by molar-refractivity contribution is -0.147. The topological polar surface area (TPSA) is 66.5 Å². The molecule has 178 valence electrons. The van der Waals surface area contributed by atoms with Gasteiger partial charge in [0.25, 0.3) is 0 Å². The third-order valence-electron chi connectivity index (χ3n) is 7.61. The third kappa shape index (κ3) is 3.90. The zero-order valence-corrected chi connectivity index (χ0v) is 23.6. The Balaban J connectivity index is 1.48. The molecule has 0 aromatic heterocycles. The fourth-order valence-electron chi connectivity index (χ4n) is 6.06. The van der Waals surface area contributed by atoms with Crippen LogP contribution in [0.1, 0.15) is 23.1 Å². The third-order valence-corrected chi connectivity index (χ3v) is 12.1. The molecule has 3 fully saturated rings. The van der Waals surface area contributed by atoms with Crippen molar-refractivity contribution in [1.82, 2.24) is 4.90 Å². The molecule has 5 rings (SSSR count). The van der Waals surface area contributed by atoms with Gasteiger partial charge in [0.05, 0.1) is 11.8 Å². The van der Waals surface area contributed by atoms with Crippen LogP contribution in [0, 0.1) is 37.5 Å². The maximum Gasteiger partial charge on any atom is 0.248 e. The number of alkyl halides is 2. The Bertz CT molecular complexity index is 1120. The number of nitrogens with zero attached hydrogens (tertiary/aromatic N) is 1. The van der Waals surface area contributed by atoms with Gasteiger partial charge in [-0.05, 0) is 60.9 Å². The van der Waals surface area contributed by atoms with E-state index in [2.05, 4.69) is 53.1 Å². The second-order valence-electron chi connectivity index (χ2n) is 9.67. The number of carbonyl (C=O) groups excluding carboxylic acids is 3. The fraction of sp³-hybridized carbons (Fsp3) is 0.423. The number of hydrogen-bond acceptors (Lipinski definition) is 3. The van der Waals surface area contributed by atoms with Gasteiger partial charge in [-0.15, -0.1) is 0 Å². The first kappa shape index (κ1) is 24.2. The van der Waals surface area contributed by atoms with E-state index in [1.165, 1.54) is 4.90 Å². The van der Waals surface area contributed by atoms with Gasteiger partial charge in [-0.3, -0.25) is 19.3 Å². The van der Waals surface area contributed by atoms with Gasteiger partial charge in [0.2, 0.25) is 17.7 Å². The van der Waals surface area contributed by atoms with Crippen LogP contribution in [0.3, 0.4) is 0 Å². The first-order chi connectivity index (χ1) is 16.2. The summed E-state index contributed by atoms with van der Waals surface area (Å²) in [4.78, 5) is 42.6. The molecule has 1 aliphatic heterocycles. The predicted molar refractivity (Wildman–Crippen MR) is 142 cm³/mol. The number of benzene rings is 2. The Morgan fingerprint density at radius 2 is 1.53 bits per heavy atom. The van der Waals surface area contributed by atoms with Gasteiger partial charge in [-0.2, -0.15) is 0 Å². The fourth-order valence-corrected chi connectivity index (χ4v) is 8.16. The largest absolute Gasteiger partial charge is 0.324 e. The van der Waals surface area contributed by atoms with Crippen LogP contribution in [-0.4, -0.2) is 38.3 Å². The molecule has 2 aromatic rings. The molecule has 1 saturated heterocycles. The van der Waals surface area contributed by atoms with Crippen molar-refractivity contribution in [3.63, 3.8) is 0 Å². The Labute approximate surface area is 224 Å². The molecule has 2 saturated carbocycles. The van der Waals surface area contributed by atoms with Crippen molar-refractivity contribution in [2.45, 2.75) is 42.4 Å². The number of aryl methyl sites for hydroxylation is 2. The maximum absolute atomic E-state index is 13.7. The van der Waals surface area contributed by atoms with E-state index in [9.17, 15) is 14.4 Å². The smallest absolute Gasteiger partial charge is 0.248 e. The van der Waals surface area contributed by atoms with Crippen molar-refractivity contribution < 1.29 is 14.4 Å². The predicted octanol–water partition coefficient (Wildman–Crippen LogP) is 5.39. The normalized spacial score (nSPS) is 30.6. The quantitative estimate of drug-likeness (QED) is 0.348. The molecule has 8 heteroatoms. The Kier molecular flexibility index (Phi) is 6.53.